The molecule has 1 aliphatic heterocycles. The molecular formula is C3H2O3S. The summed E-state index contributed by atoms with van der Waals surface area (Å²) in [5, 5.41) is 7.02. The number of carbonyl (C=O) groups excluding carboxylic acids is 1. The lowest BCUT2D eigenvalue weighted by Crippen LogP contribution is -2.03. The molecule has 1 rings (SSSR count). The molecular weight excluding hydrogens is 116 g/mol. The Morgan fingerprint density at radius 2 is 2.29 bits per heavy atom. The van der Waals surface area contributed by atoms with Crippen LogP contribution in [0.3, 0.4) is 0 Å². The minimum absolute atomic E-state index is 0.229. The molecule has 4 heteroatoms. The monoisotopic (exact) mass is 118 g/mol. The summed E-state index contributed by atoms with van der Waals surface area (Å²) in [4.78, 5) is 19.6. The topological polar surface area (TPSA) is 54.4 Å². The van der Waals surface area contributed by atoms with E-state index in [2.05, 4.69) is 0 Å². The van der Waals surface area contributed by atoms with Crippen LogP contribution in [0.1, 0.15) is 0 Å². The van der Waals surface area contributed by atoms with Crippen molar-refractivity contribution in [2.24, 2.45) is 0 Å². The Hall–Kier alpha value is -0.510. The Morgan fingerprint density at radius 3 is 2.29 bits per heavy atom. The molecule has 0 unspecified atom stereocenters. The lowest BCUT2D eigenvalue weighted by Gasteiger charge is -1.71. The number of carboxylic acids is 1. The molecule has 1 saturated heterocycles. The fourth-order valence-electron chi connectivity index (χ4n) is 0.233. The Bertz CT molecular complexity index is 130. The average Bonchev–Trinajstić information content (AvgIpc) is 2.17. The van der Waals surface area contributed by atoms with Gasteiger partial charge in [0.1, 0.15) is 0 Å². The Balaban J connectivity index is 2.48. The van der Waals surface area contributed by atoms with E-state index in [9.17, 15) is 9.59 Å². The minimum Gasteiger partial charge on any atom is -0.480 e. The van der Waals surface area contributed by atoms with Crippen LogP contribution in [0, 0.1) is 0 Å². The van der Waals surface area contributed by atoms with Crippen LogP contribution in [-0.2, 0) is 9.59 Å². The van der Waals surface area contributed by atoms with Gasteiger partial charge in [0, 0.05) is 0 Å². The van der Waals surface area contributed by atoms with Gasteiger partial charge >= 0.3 is 5.97 Å². The maximum absolute atomic E-state index is 9.91. The van der Waals surface area contributed by atoms with E-state index in [1.165, 1.54) is 0 Å². The van der Waals surface area contributed by atoms with Crippen LogP contribution in [0.4, 0.5) is 0 Å². The lowest BCUT2D eigenvalue weighted by molar-refractivity contribution is -0.136. The van der Waals surface area contributed by atoms with Crippen molar-refractivity contribution >= 4 is 22.8 Å². The Labute approximate surface area is 43.7 Å². The molecule has 0 aromatic rings. The molecule has 1 heterocycles. The van der Waals surface area contributed by atoms with Crippen molar-refractivity contribution in [3.8, 4) is 0 Å². The highest BCUT2D eigenvalue weighted by Crippen LogP contribution is 2.32. The van der Waals surface area contributed by atoms with Crippen LogP contribution in [0.25, 0.3) is 0 Å². The fraction of sp³-hybridized carbons (Fsp3) is 0.333. The van der Waals surface area contributed by atoms with E-state index in [-0.39, 0.29) is 5.12 Å². The fourth-order valence-corrected chi connectivity index (χ4v) is 0.599. The van der Waals surface area contributed by atoms with Crippen LogP contribution in [-0.4, -0.2) is 21.4 Å². The zero-order chi connectivity index (χ0) is 5.44. The van der Waals surface area contributed by atoms with Gasteiger partial charge in [0.05, 0.1) is 0 Å². The first-order chi connectivity index (χ1) is 3.22. The van der Waals surface area contributed by atoms with E-state index in [4.69, 9.17) is 5.11 Å². The van der Waals surface area contributed by atoms with Crippen molar-refractivity contribution in [2.45, 2.75) is 5.25 Å². The van der Waals surface area contributed by atoms with E-state index in [0.29, 0.717) is 0 Å². The average molecular weight is 118 g/mol. The smallest absolute Gasteiger partial charge is 0.325 e. The van der Waals surface area contributed by atoms with E-state index < -0.39 is 11.2 Å². The summed E-state index contributed by atoms with van der Waals surface area (Å²) in [6.07, 6.45) is 0. The molecule has 1 N–H and O–H groups in total. The van der Waals surface area contributed by atoms with Gasteiger partial charge in [-0.1, -0.05) is 11.8 Å². The lowest BCUT2D eigenvalue weighted by atomic mass is 10.5. The summed E-state index contributed by atoms with van der Waals surface area (Å²) < 4.78 is 0. The molecule has 0 aromatic carbocycles. The highest BCUT2D eigenvalue weighted by Gasteiger charge is 2.43. The van der Waals surface area contributed by atoms with Crippen molar-refractivity contribution in [3.05, 3.63) is 0 Å². The van der Waals surface area contributed by atoms with E-state index in [1.807, 2.05) is 0 Å². The molecule has 0 spiro atoms. The van der Waals surface area contributed by atoms with E-state index in [0.717, 1.165) is 11.8 Å². The molecule has 1 fully saturated rings. The number of thioether (sulfide) groups is 1. The third kappa shape index (κ3) is 0.742. The standard InChI is InChI=1S/C3H2O3S/c4-2(5)1-3(6)7-1/h1H,(H,4,5)/t1-/m0/s1. The number of aliphatic carboxylic acids is 1. The summed E-state index contributed by atoms with van der Waals surface area (Å²) >= 11 is 0.861. The second-order valence-electron chi connectivity index (χ2n) is 1.16. The van der Waals surface area contributed by atoms with Gasteiger partial charge in [-0.05, 0) is 0 Å². The minimum atomic E-state index is -1.02. The molecule has 0 saturated carbocycles. The largest absolute Gasteiger partial charge is 0.480 e. The molecule has 0 aliphatic carbocycles. The van der Waals surface area contributed by atoms with E-state index >= 15 is 0 Å². The van der Waals surface area contributed by atoms with Crippen molar-refractivity contribution in [1.29, 1.82) is 0 Å². The van der Waals surface area contributed by atoms with Crippen LogP contribution in [0.15, 0.2) is 0 Å². The number of rotatable bonds is 1. The SMILES string of the molecule is O=C(O)[C@@H]1SC1=O. The summed E-state index contributed by atoms with van der Waals surface area (Å²) in [5.74, 6) is -1.02. The third-order valence-electron chi connectivity index (χ3n) is 0.615. The number of hydrogen-bond acceptors (Lipinski definition) is 3. The van der Waals surface area contributed by atoms with Crippen molar-refractivity contribution in [1.82, 2.24) is 0 Å². The van der Waals surface area contributed by atoms with Gasteiger partial charge in [-0.15, -0.1) is 0 Å². The summed E-state index contributed by atoms with van der Waals surface area (Å²) in [7, 11) is 0. The number of carbonyl (C=O) groups is 2. The molecule has 0 aromatic heterocycles. The van der Waals surface area contributed by atoms with Gasteiger partial charge < -0.3 is 5.11 Å². The first kappa shape index (κ1) is 4.64. The first-order valence-electron chi connectivity index (χ1n) is 1.65. The van der Waals surface area contributed by atoms with E-state index in [1.54, 1.807) is 0 Å². The quantitative estimate of drug-likeness (QED) is 0.380. The summed E-state index contributed by atoms with van der Waals surface area (Å²) in [6.45, 7) is 0. The van der Waals surface area contributed by atoms with Crippen LogP contribution < -0.4 is 0 Å². The van der Waals surface area contributed by atoms with Crippen LogP contribution in [0.2, 0.25) is 0 Å². The zero-order valence-electron chi connectivity index (χ0n) is 3.25. The van der Waals surface area contributed by atoms with Crippen LogP contribution >= 0.6 is 11.8 Å². The number of carboxylic acid groups (broad SMARTS) is 1. The van der Waals surface area contributed by atoms with Gasteiger partial charge in [-0.3, -0.25) is 9.59 Å². The Kier molecular flexibility index (Phi) is 0.815. The molecule has 0 bridgehead atoms. The third-order valence-corrected chi connectivity index (χ3v) is 1.48. The van der Waals surface area contributed by atoms with Crippen LogP contribution in [0.5, 0.6) is 0 Å². The number of hydrogen-bond donors (Lipinski definition) is 1. The second kappa shape index (κ2) is 1.23. The van der Waals surface area contributed by atoms with Crippen molar-refractivity contribution in [3.63, 3.8) is 0 Å². The summed E-state index contributed by atoms with van der Waals surface area (Å²) in [6, 6.07) is 0. The van der Waals surface area contributed by atoms with Gasteiger partial charge in [-0.25, -0.2) is 0 Å². The second-order valence-corrected chi connectivity index (χ2v) is 2.26. The highest BCUT2D eigenvalue weighted by atomic mass is 32.2. The molecule has 1 aliphatic rings. The summed E-state index contributed by atoms with van der Waals surface area (Å²) in [5.41, 5.74) is 0. The molecule has 7 heavy (non-hydrogen) atoms. The molecule has 3 nitrogen and oxygen atoms in total. The maximum atomic E-state index is 9.91. The van der Waals surface area contributed by atoms with Gasteiger partial charge in [-0.2, -0.15) is 0 Å². The predicted molar refractivity (Wildman–Crippen MR) is 24.0 cm³/mol. The molecule has 1 atom stereocenters. The van der Waals surface area contributed by atoms with Crippen molar-refractivity contribution < 1.29 is 14.7 Å². The van der Waals surface area contributed by atoms with Gasteiger partial charge in [0.2, 0.25) is 5.12 Å². The zero-order valence-corrected chi connectivity index (χ0v) is 4.07. The molecule has 0 radical (unpaired) electrons. The normalized spacial score (nSPS) is 27.4. The predicted octanol–water partition coefficient (Wildman–Crippen LogP) is -0.287. The highest BCUT2D eigenvalue weighted by molar-refractivity contribution is 8.26. The molecule has 0 amide bonds. The van der Waals surface area contributed by atoms with Crippen molar-refractivity contribution in [2.75, 3.05) is 0 Å². The Morgan fingerprint density at radius 1 is 1.86 bits per heavy atom. The van der Waals surface area contributed by atoms with Gasteiger partial charge in [0.15, 0.2) is 5.25 Å². The molecule has 38 valence electrons. The first-order valence-corrected chi connectivity index (χ1v) is 2.53. The maximum Gasteiger partial charge on any atom is 0.325 e. The van der Waals surface area contributed by atoms with Gasteiger partial charge in [0.25, 0.3) is 0 Å².